The van der Waals surface area contributed by atoms with Crippen molar-refractivity contribution in [2.24, 2.45) is 0 Å². The largest absolute Gasteiger partial charge is 0.481 e. The summed E-state index contributed by atoms with van der Waals surface area (Å²) in [6.45, 7) is 9.77. The average Bonchev–Trinajstić information content (AvgIpc) is 2.59. The fraction of sp³-hybridized carbons (Fsp3) is 0.692. The van der Waals surface area contributed by atoms with Crippen molar-refractivity contribution in [1.29, 1.82) is 0 Å². The van der Waals surface area contributed by atoms with Crippen molar-refractivity contribution in [3.63, 3.8) is 0 Å². The van der Waals surface area contributed by atoms with Gasteiger partial charge in [0, 0.05) is 18.5 Å². The van der Waals surface area contributed by atoms with Gasteiger partial charge in [0.15, 0.2) is 5.13 Å². The third kappa shape index (κ3) is 3.67. The van der Waals surface area contributed by atoms with Crippen LogP contribution in [0.1, 0.15) is 33.4 Å². The summed E-state index contributed by atoms with van der Waals surface area (Å²) in [4.78, 5) is 17.3. The van der Waals surface area contributed by atoms with E-state index in [0.29, 0.717) is 5.69 Å². The summed E-state index contributed by atoms with van der Waals surface area (Å²) in [5, 5.41) is 11.5. The number of hydrogen-bond acceptors (Lipinski definition) is 5. The molecule has 19 heavy (non-hydrogen) atoms. The molecule has 0 aliphatic carbocycles. The molecule has 1 aromatic heterocycles. The predicted octanol–water partition coefficient (Wildman–Crippen LogP) is 2.16. The van der Waals surface area contributed by atoms with Crippen LogP contribution in [0.4, 0.5) is 5.13 Å². The number of thiazole rings is 1. The van der Waals surface area contributed by atoms with Gasteiger partial charge in [0.25, 0.3) is 0 Å². The van der Waals surface area contributed by atoms with E-state index in [1.807, 2.05) is 5.38 Å². The minimum Gasteiger partial charge on any atom is -0.481 e. The van der Waals surface area contributed by atoms with Crippen LogP contribution in [0.5, 0.6) is 0 Å². The summed E-state index contributed by atoms with van der Waals surface area (Å²) in [7, 11) is 0. The normalized spacial score (nSPS) is 21.4. The van der Waals surface area contributed by atoms with E-state index in [1.54, 1.807) is 0 Å². The molecular weight excluding hydrogens is 264 g/mol. The molecule has 0 bridgehead atoms. The molecule has 0 atom stereocenters. The lowest BCUT2D eigenvalue weighted by atomic mass is 9.99. The molecule has 5 nitrogen and oxygen atoms in total. The van der Waals surface area contributed by atoms with Gasteiger partial charge in [-0.15, -0.1) is 11.3 Å². The zero-order chi connectivity index (χ0) is 14.3. The van der Waals surface area contributed by atoms with Gasteiger partial charge in [0.2, 0.25) is 0 Å². The molecule has 2 rings (SSSR count). The maximum absolute atomic E-state index is 10.7. The lowest BCUT2D eigenvalue weighted by Crippen LogP contribution is -2.57. The highest BCUT2D eigenvalue weighted by Gasteiger charge is 2.39. The monoisotopic (exact) mass is 284 g/mol. The first-order chi connectivity index (χ1) is 8.67. The van der Waals surface area contributed by atoms with Gasteiger partial charge in [-0.1, -0.05) is 0 Å². The van der Waals surface area contributed by atoms with Gasteiger partial charge in [-0.05, 0) is 27.7 Å². The number of ether oxygens (including phenoxy) is 1. The highest BCUT2D eigenvalue weighted by Crippen LogP contribution is 2.32. The summed E-state index contributed by atoms with van der Waals surface area (Å²) in [5.74, 6) is -0.848. The molecule has 0 aromatic carbocycles. The van der Waals surface area contributed by atoms with Crippen molar-refractivity contribution in [3.05, 3.63) is 11.1 Å². The van der Waals surface area contributed by atoms with E-state index in [-0.39, 0.29) is 17.6 Å². The molecule has 0 saturated carbocycles. The van der Waals surface area contributed by atoms with Crippen molar-refractivity contribution in [1.82, 2.24) is 4.98 Å². The number of morpholine rings is 1. The van der Waals surface area contributed by atoms with Gasteiger partial charge in [0.1, 0.15) is 0 Å². The number of aromatic nitrogens is 1. The second-order valence-corrected chi connectivity index (χ2v) is 7.01. The van der Waals surface area contributed by atoms with Crippen LogP contribution in [0.15, 0.2) is 5.38 Å². The standard InChI is InChI=1S/C13H20N2O3S/c1-12(2)7-15(8-13(3,4)18-12)11-14-9(6-19-11)5-10(16)17/h6H,5,7-8H2,1-4H3,(H,16,17). The molecule has 6 heteroatoms. The average molecular weight is 284 g/mol. The lowest BCUT2D eigenvalue weighted by molar-refractivity contribution is -0.136. The zero-order valence-electron chi connectivity index (χ0n) is 11.8. The molecule has 1 N–H and O–H groups in total. The molecule has 0 spiro atoms. The fourth-order valence-electron chi connectivity index (χ4n) is 2.60. The first-order valence-electron chi connectivity index (χ1n) is 6.28. The molecule has 1 aliphatic rings. The maximum Gasteiger partial charge on any atom is 0.309 e. The summed E-state index contributed by atoms with van der Waals surface area (Å²) in [5.41, 5.74) is 0.149. The molecule has 2 heterocycles. The van der Waals surface area contributed by atoms with E-state index in [0.717, 1.165) is 18.2 Å². The highest BCUT2D eigenvalue weighted by atomic mass is 32.1. The Morgan fingerprint density at radius 1 is 1.42 bits per heavy atom. The smallest absolute Gasteiger partial charge is 0.309 e. The number of carboxylic acid groups (broad SMARTS) is 1. The Morgan fingerprint density at radius 2 is 2.00 bits per heavy atom. The molecule has 106 valence electrons. The molecule has 0 amide bonds. The SMILES string of the molecule is CC1(C)CN(c2nc(CC(=O)O)cs2)CC(C)(C)O1. The Bertz CT molecular complexity index is 466. The van der Waals surface area contributed by atoms with E-state index >= 15 is 0 Å². The predicted molar refractivity (Wildman–Crippen MR) is 74.9 cm³/mol. The second kappa shape index (κ2) is 4.76. The number of anilines is 1. The first-order valence-corrected chi connectivity index (χ1v) is 7.16. The van der Waals surface area contributed by atoms with Gasteiger partial charge >= 0.3 is 5.97 Å². The van der Waals surface area contributed by atoms with E-state index in [4.69, 9.17) is 9.84 Å². The van der Waals surface area contributed by atoms with E-state index in [2.05, 4.69) is 37.6 Å². The van der Waals surface area contributed by atoms with Crippen LogP contribution >= 0.6 is 11.3 Å². The molecule has 0 unspecified atom stereocenters. The lowest BCUT2D eigenvalue weighted by Gasteiger charge is -2.47. The molecule has 0 radical (unpaired) electrons. The van der Waals surface area contributed by atoms with Crippen LogP contribution in [0.25, 0.3) is 0 Å². The van der Waals surface area contributed by atoms with Crippen molar-refractivity contribution < 1.29 is 14.6 Å². The second-order valence-electron chi connectivity index (χ2n) is 6.17. The Morgan fingerprint density at radius 3 is 2.53 bits per heavy atom. The Balaban J connectivity index is 2.16. The van der Waals surface area contributed by atoms with Crippen molar-refractivity contribution in [3.8, 4) is 0 Å². The number of rotatable bonds is 3. The minimum atomic E-state index is -0.848. The third-order valence-corrected chi connectivity index (χ3v) is 3.79. The molecular formula is C13H20N2O3S. The zero-order valence-corrected chi connectivity index (χ0v) is 12.6. The maximum atomic E-state index is 10.7. The summed E-state index contributed by atoms with van der Waals surface area (Å²) in [6, 6.07) is 0. The number of nitrogens with zero attached hydrogens (tertiary/aromatic N) is 2. The Labute approximate surface area is 117 Å². The number of hydrogen-bond donors (Lipinski definition) is 1. The van der Waals surface area contributed by atoms with Crippen LogP contribution in [0.3, 0.4) is 0 Å². The Hall–Kier alpha value is -1.14. The molecule has 1 aromatic rings. The third-order valence-electron chi connectivity index (χ3n) is 2.84. The van der Waals surface area contributed by atoms with Gasteiger partial charge in [-0.3, -0.25) is 4.79 Å². The van der Waals surface area contributed by atoms with Crippen LogP contribution in [0, 0.1) is 0 Å². The van der Waals surface area contributed by atoms with Crippen LogP contribution in [0.2, 0.25) is 0 Å². The van der Waals surface area contributed by atoms with Crippen molar-refractivity contribution >= 4 is 22.4 Å². The number of carboxylic acids is 1. The van der Waals surface area contributed by atoms with Crippen LogP contribution in [-0.4, -0.2) is 40.4 Å². The summed E-state index contributed by atoms with van der Waals surface area (Å²) < 4.78 is 6.03. The summed E-state index contributed by atoms with van der Waals surface area (Å²) in [6.07, 6.45) is -0.0202. The highest BCUT2D eigenvalue weighted by molar-refractivity contribution is 7.13. The van der Waals surface area contributed by atoms with E-state index in [1.165, 1.54) is 11.3 Å². The van der Waals surface area contributed by atoms with E-state index < -0.39 is 5.97 Å². The number of carbonyl (C=O) groups is 1. The van der Waals surface area contributed by atoms with Crippen LogP contribution in [-0.2, 0) is 16.0 Å². The van der Waals surface area contributed by atoms with Gasteiger partial charge in [0.05, 0.1) is 23.3 Å². The van der Waals surface area contributed by atoms with Gasteiger partial charge in [-0.2, -0.15) is 0 Å². The first kappa shape index (κ1) is 14.3. The van der Waals surface area contributed by atoms with E-state index in [9.17, 15) is 4.79 Å². The molecule has 1 saturated heterocycles. The van der Waals surface area contributed by atoms with Gasteiger partial charge < -0.3 is 14.7 Å². The molecule has 1 aliphatic heterocycles. The quantitative estimate of drug-likeness (QED) is 0.921. The van der Waals surface area contributed by atoms with Crippen molar-refractivity contribution in [2.45, 2.75) is 45.3 Å². The number of aliphatic carboxylic acids is 1. The Kier molecular flexibility index (Phi) is 3.57. The summed E-state index contributed by atoms with van der Waals surface area (Å²) >= 11 is 1.50. The van der Waals surface area contributed by atoms with Crippen molar-refractivity contribution in [2.75, 3.05) is 18.0 Å². The topological polar surface area (TPSA) is 62.7 Å². The molecule has 1 fully saturated rings. The minimum absolute atomic E-state index is 0.0202. The van der Waals surface area contributed by atoms with Gasteiger partial charge in [-0.25, -0.2) is 4.98 Å². The van der Waals surface area contributed by atoms with Crippen LogP contribution < -0.4 is 4.90 Å². The fourth-order valence-corrected chi connectivity index (χ4v) is 3.43.